The van der Waals surface area contributed by atoms with Crippen LogP contribution in [-0.2, 0) is 4.79 Å². The van der Waals surface area contributed by atoms with Crippen LogP contribution in [0, 0.1) is 0 Å². The van der Waals surface area contributed by atoms with Crippen molar-refractivity contribution in [2.24, 2.45) is 0 Å². The van der Waals surface area contributed by atoms with E-state index in [1.807, 2.05) is 0 Å². The van der Waals surface area contributed by atoms with E-state index >= 15 is 0 Å². The van der Waals surface area contributed by atoms with Gasteiger partial charge in [0.25, 0.3) is 0 Å². The highest BCUT2D eigenvalue weighted by Crippen LogP contribution is 2.36. The molecule has 104 valence electrons. The number of ketones is 1. The molecule has 1 aliphatic heterocycles. The highest BCUT2D eigenvalue weighted by molar-refractivity contribution is 6.35. The summed E-state index contributed by atoms with van der Waals surface area (Å²) in [5.74, 6) is 0.0507. The zero-order chi connectivity index (χ0) is 14.3. The molecule has 2 amide bonds. The zero-order valence-electron chi connectivity index (χ0n) is 10.5. The molecule has 6 heteroatoms. The van der Waals surface area contributed by atoms with Gasteiger partial charge in [0.2, 0.25) is 0 Å². The van der Waals surface area contributed by atoms with E-state index in [2.05, 4.69) is 10.6 Å². The van der Waals surface area contributed by atoms with E-state index in [4.69, 9.17) is 23.2 Å². The summed E-state index contributed by atoms with van der Waals surface area (Å²) in [5.41, 5.74) is 2.01. The number of halogens is 2. The molecule has 1 heterocycles. The third-order valence-electron chi connectivity index (χ3n) is 3.56. The van der Waals surface area contributed by atoms with E-state index in [0.29, 0.717) is 39.7 Å². The van der Waals surface area contributed by atoms with Gasteiger partial charge in [-0.15, -0.1) is 0 Å². The van der Waals surface area contributed by atoms with Crippen molar-refractivity contribution in [1.82, 2.24) is 10.6 Å². The van der Waals surface area contributed by atoms with Crippen LogP contribution in [0.4, 0.5) is 4.79 Å². The topological polar surface area (TPSA) is 58.2 Å². The van der Waals surface area contributed by atoms with Gasteiger partial charge < -0.3 is 10.6 Å². The molecule has 0 bridgehead atoms. The first-order valence-electron chi connectivity index (χ1n) is 6.35. The fraction of sp³-hybridized carbons (Fsp3) is 0.286. The Bertz CT molecular complexity index is 640. The van der Waals surface area contributed by atoms with Crippen LogP contribution < -0.4 is 10.6 Å². The lowest BCUT2D eigenvalue weighted by atomic mass is 9.85. The molecule has 1 aromatic rings. The number of carbonyl (C=O) groups excluding carboxylic acids is 2. The predicted octanol–water partition coefficient (Wildman–Crippen LogP) is 3.35. The second-order valence-corrected chi connectivity index (χ2v) is 5.71. The molecule has 1 atom stereocenters. The highest BCUT2D eigenvalue weighted by atomic mass is 35.5. The lowest BCUT2D eigenvalue weighted by Crippen LogP contribution is -2.46. The van der Waals surface area contributed by atoms with Crippen molar-refractivity contribution in [2.45, 2.75) is 25.3 Å². The Balaban J connectivity index is 2.10. The molecule has 3 rings (SSSR count). The van der Waals surface area contributed by atoms with Crippen molar-refractivity contribution >= 4 is 35.0 Å². The van der Waals surface area contributed by atoms with Gasteiger partial charge in [-0.05, 0) is 30.5 Å². The third-order valence-corrected chi connectivity index (χ3v) is 4.12. The van der Waals surface area contributed by atoms with Crippen molar-refractivity contribution in [3.05, 3.63) is 45.1 Å². The molecule has 1 unspecified atom stereocenters. The van der Waals surface area contributed by atoms with E-state index in [9.17, 15) is 9.59 Å². The van der Waals surface area contributed by atoms with Crippen LogP contribution in [0.3, 0.4) is 0 Å². The van der Waals surface area contributed by atoms with Crippen LogP contribution in [0.2, 0.25) is 10.0 Å². The summed E-state index contributed by atoms with van der Waals surface area (Å²) in [6.07, 6.45) is 1.97. The minimum absolute atomic E-state index is 0.0507. The minimum atomic E-state index is -0.503. The SMILES string of the molecule is O=C1NC2=C(C(=O)CCC2)C(c2ccc(Cl)cc2Cl)N1. The van der Waals surface area contributed by atoms with Crippen LogP contribution in [-0.4, -0.2) is 11.8 Å². The van der Waals surface area contributed by atoms with Crippen molar-refractivity contribution in [3.8, 4) is 0 Å². The quantitative estimate of drug-likeness (QED) is 0.835. The number of rotatable bonds is 1. The molecule has 0 saturated carbocycles. The lowest BCUT2D eigenvalue weighted by Gasteiger charge is -2.32. The van der Waals surface area contributed by atoms with Gasteiger partial charge in [0, 0.05) is 27.7 Å². The first-order chi connectivity index (χ1) is 9.56. The summed E-state index contributed by atoms with van der Waals surface area (Å²) >= 11 is 12.1. The fourth-order valence-electron chi connectivity index (χ4n) is 2.67. The molecule has 1 aliphatic carbocycles. The van der Waals surface area contributed by atoms with Crippen molar-refractivity contribution in [1.29, 1.82) is 0 Å². The normalized spacial score (nSPS) is 22.2. The Kier molecular flexibility index (Phi) is 3.44. The van der Waals surface area contributed by atoms with E-state index in [1.165, 1.54) is 0 Å². The maximum absolute atomic E-state index is 12.2. The molecule has 0 spiro atoms. The smallest absolute Gasteiger partial charge is 0.319 e. The number of urea groups is 1. The van der Waals surface area contributed by atoms with Gasteiger partial charge in [-0.3, -0.25) is 4.79 Å². The van der Waals surface area contributed by atoms with Gasteiger partial charge >= 0.3 is 6.03 Å². The number of amides is 2. The van der Waals surface area contributed by atoms with Gasteiger partial charge in [0.1, 0.15) is 0 Å². The van der Waals surface area contributed by atoms with E-state index in [-0.39, 0.29) is 11.8 Å². The molecule has 1 aromatic carbocycles. The van der Waals surface area contributed by atoms with Crippen LogP contribution in [0.15, 0.2) is 29.5 Å². The number of hydrogen-bond acceptors (Lipinski definition) is 2. The molecule has 0 saturated heterocycles. The van der Waals surface area contributed by atoms with Gasteiger partial charge in [0.05, 0.1) is 6.04 Å². The predicted molar refractivity (Wildman–Crippen MR) is 76.8 cm³/mol. The first kappa shape index (κ1) is 13.5. The second kappa shape index (κ2) is 5.11. The van der Waals surface area contributed by atoms with E-state index in [1.54, 1.807) is 18.2 Å². The Labute approximate surface area is 126 Å². The average Bonchev–Trinajstić information content (AvgIpc) is 2.37. The molecule has 20 heavy (non-hydrogen) atoms. The summed E-state index contributed by atoms with van der Waals surface area (Å²) in [6, 6.07) is 4.24. The Morgan fingerprint density at radius 3 is 2.70 bits per heavy atom. The van der Waals surface area contributed by atoms with Crippen LogP contribution in [0.1, 0.15) is 30.9 Å². The number of hydrogen-bond donors (Lipinski definition) is 2. The second-order valence-electron chi connectivity index (χ2n) is 4.87. The van der Waals surface area contributed by atoms with Gasteiger partial charge in [-0.25, -0.2) is 4.79 Å². The number of carbonyl (C=O) groups is 2. The Hall–Kier alpha value is -1.52. The standard InChI is InChI=1S/C14H12Cl2N2O2/c15-7-4-5-8(9(16)6-7)13-12-10(17-14(20)18-13)2-1-3-11(12)19/h4-6,13H,1-3H2,(H2,17,18,20). The maximum atomic E-state index is 12.2. The molecular weight excluding hydrogens is 299 g/mol. The number of allylic oxidation sites excluding steroid dienone is 1. The molecule has 2 aliphatic rings. The minimum Gasteiger partial charge on any atom is -0.327 e. The Morgan fingerprint density at radius 1 is 1.15 bits per heavy atom. The van der Waals surface area contributed by atoms with Crippen molar-refractivity contribution in [2.75, 3.05) is 0 Å². The van der Waals surface area contributed by atoms with Crippen molar-refractivity contribution in [3.63, 3.8) is 0 Å². The molecule has 0 fully saturated rings. The van der Waals surface area contributed by atoms with Gasteiger partial charge in [-0.2, -0.15) is 0 Å². The van der Waals surface area contributed by atoms with Gasteiger partial charge in [0.15, 0.2) is 5.78 Å². The molecule has 4 nitrogen and oxygen atoms in total. The molecule has 2 N–H and O–H groups in total. The van der Waals surface area contributed by atoms with E-state index < -0.39 is 6.04 Å². The molecule has 0 aromatic heterocycles. The van der Waals surface area contributed by atoms with Gasteiger partial charge in [-0.1, -0.05) is 29.3 Å². The third kappa shape index (κ3) is 2.30. The maximum Gasteiger partial charge on any atom is 0.319 e. The molecular formula is C14H12Cl2N2O2. The fourth-order valence-corrected chi connectivity index (χ4v) is 3.19. The summed E-state index contributed by atoms with van der Waals surface area (Å²) in [6.45, 7) is 0. The average molecular weight is 311 g/mol. The monoisotopic (exact) mass is 310 g/mol. The summed E-state index contributed by atoms with van der Waals surface area (Å²) in [7, 11) is 0. The molecule has 0 radical (unpaired) electrons. The lowest BCUT2D eigenvalue weighted by molar-refractivity contribution is -0.116. The van der Waals surface area contributed by atoms with Crippen LogP contribution in [0.5, 0.6) is 0 Å². The summed E-state index contributed by atoms with van der Waals surface area (Å²) in [5, 5.41) is 6.44. The first-order valence-corrected chi connectivity index (χ1v) is 7.10. The summed E-state index contributed by atoms with van der Waals surface area (Å²) < 4.78 is 0. The number of nitrogens with one attached hydrogen (secondary N) is 2. The zero-order valence-corrected chi connectivity index (χ0v) is 12.0. The largest absolute Gasteiger partial charge is 0.327 e. The number of benzene rings is 1. The van der Waals surface area contributed by atoms with Crippen molar-refractivity contribution < 1.29 is 9.59 Å². The van der Waals surface area contributed by atoms with Crippen LogP contribution >= 0.6 is 23.2 Å². The van der Waals surface area contributed by atoms with E-state index in [0.717, 1.165) is 6.42 Å². The highest BCUT2D eigenvalue weighted by Gasteiger charge is 2.35. The Morgan fingerprint density at radius 2 is 1.95 bits per heavy atom. The van der Waals surface area contributed by atoms with Crippen LogP contribution in [0.25, 0.3) is 0 Å². The summed E-state index contributed by atoms with van der Waals surface area (Å²) in [4.78, 5) is 23.9. The number of Topliss-reactive ketones (excluding diaryl/α,β-unsaturated/α-hetero) is 1.